The van der Waals surface area contributed by atoms with Gasteiger partial charge in [-0.05, 0) is 61.6 Å². The van der Waals surface area contributed by atoms with Gasteiger partial charge in [0.25, 0.3) is 5.91 Å². The number of anilines is 1. The molecule has 0 radical (unpaired) electrons. The van der Waals surface area contributed by atoms with Crippen molar-refractivity contribution in [3.8, 4) is 11.1 Å². The van der Waals surface area contributed by atoms with E-state index in [0.29, 0.717) is 11.7 Å². The molecule has 4 aromatic rings. The van der Waals surface area contributed by atoms with Crippen LogP contribution in [-0.4, -0.2) is 23.2 Å². The van der Waals surface area contributed by atoms with Crippen LogP contribution < -0.4 is 5.32 Å². The highest BCUT2D eigenvalue weighted by molar-refractivity contribution is 7.63. The van der Waals surface area contributed by atoms with Gasteiger partial charge in [0.2, 0.25) is 0 Å². The lowest BCUT2D eigenvalue weighted by atomic mass is 9.97. The minimum Gasteiger partial charge on any atom is -0.323 e. The van der Waals surface area contributed by atoms with E-state index in [-0.39, 0.29) is 5.91 Å². The maximum absolute atomic E-state index is 13.5. The van der Waals surface area contributed by atoms with E-state index in [9.17, 15) is 9.36 Å². The molecule has 2 heterocycles. The lowest BCUT2D eigenvalue weighted by molar-refractivity contribution is 0.102. The average molecular weight is 483 g/mol. The van der Waals surface area contributed by atoms with Crippen LogP contribution >= 0.6 is 7.14 Å². The van der Waals surface area contributed by atoms with Crippen molar-refractivity contribution >= 4 is 29.6 Å². The summed E-state index contributed by atoms with van der Waals surface area (Å²) in [7, 11) is -2.18. The fourth-order valence-electron chi connectivity index (χ4n) is 5.04. The molecule has 35 heavy (non-hydrogen) atoms. The number of hydrogen-bond acceptors (Lipinski definition) is 3. The van der Waals surface area contributed by atoms with Crippen LogP contribution in [0, 0.1) is 13.8 Å². The van der Waals surface area contributed by atoms with Gasteiger partial charge in [0.1, 0.15) is 0 Å². The molecule has 0 bridgehead atoms. The Morgan fingerprint density at radius 2 is 1.69 bits per heavy atom. The van der Waals surface area contributed by atoms with Crippen molar-refractivity contribution in [2.24, 2.45) is 0 Å². The van der Waals surface area contributed by atoms with Crippen molar-refractivity contribution in [2.75, 3.05) is 17.6 Å². The highest BCUT2D eigenvalue weighted by Crippen LogP contribution is 2.53. The van der Waals surface area contributed by atoms with Gasteiger partial charge >= 0.3 is 0 Å². The summed E-state index contributed by atoms with van der Waals surface area (Å²) in [6.45, 7) is 4.09. The molecular weight excluding hydrogens is 451 g/mol. The van der Waals surface area contributed by atoms with Gasteiger partial charge in [-0.15, -0.1) is 0 Å². The van der Waals surface area contributed by atoms with Gasteiger partial charge in [0.15, 0.2) is 0 Å². The van der Waals surface area contributed by atoms with E-state index in [4.69, 9.17) is 0 Å². The summed E-state index contributed by atoms with van der Waals surface area (Å²) >= 11 is 0. The lowest BCUT2D eigenvalue weighted by Gasteiger charge is -2.24. The van der Waals surface area contributed by atoms with Gasteiger partial charge in [-0.2, -0.15) is 0 Å². The molecule has 0 atom stereocenters. The monoisotopic (exact) mass is 482 g/mol. The second-order valence-electron chi connectivity index (χ2n) is 9.80. The predicted octanol–water partition coefficient (Wildman–Crippen LogP) is 7.82. The smallest absolute Gasteiger partial charge is 0.257 e. The van der Waals surface area contributed by atoms with E-state index in [1.54, 1.807) is 6.20 Å². The number of aryl methyl sites for hydroxylation is 2. The molecule has 178 valence electrons. The number of hydrogen-bond donors (Lipinski definition) is 1. The van der Waals surface area contributed by atoms with Crippen molar-refractivity contribution in [3.05, 3.63) is 95.2 Å². The fourth-order valence-corrected chi connectivity index (χ4v) is 8.03. The third kappa shape index (κ3) is 5.23. The Morgan fingerprint density at radius 3 is 2.46 bits per heavy atom. The molecule has 1 N–H and O–H groups in total. The van der Waals surface area contributed by atoms with Gasteiger partial charge in [-0.1, -0.05) is 60.5 Å². The molecule has 0 spiro atoms. The normalized spacial score (nSPS) is 15.1. The third-order valence-electron chi connectivity index (χ3n) is 6.95. The minimum absolute atomic E-state index is 0.187. The standard InChI is InChI=1S/C30H31N2O2P/c1-21-10-12-24(13-11-21)27-17-23(20-35(34)14-6-3-7-15-35)16-22(2)29(27)32-30(33)26-18-25-8-4-5-9-28(25)31-19-26/h4-5,8-13,16-19H,3,6-7,14-15,20H2,1-2H3,(H,32,33). The van der Waals surface area contributed by atoms with Crippen molar-refractivity contribution < 1.29 is 9.36 Å². The first-order valence-electron chi connectivity index (χ1n) is 12.3. The quantitative estimate of drug-likeness (QED) is 0.295. The van der Waals surface area contributed by atoms with Gasteiger partial charge in [-0.3, -0.25) is 9.78 Å². The van der Waals surface area contributed by atoms with Crippen molar-refractivity contribution in [1.82, 2.24) is 4.98 Å². The highest BCUT2D eigenvalue weighted by atomic mass is 31.2. The SMILES string of the molecule is Cc1ccc(-c2cc(CP3(=O)CCCCC3)cc(C)c2NC(=O)c2cnc3ccccc3c2)cc1. The summed E-state index contributed by atoms with van der Waals surface area (Å²) in [5.74, 6) is -0.187. The minimum atomic E-state index is -2.18. The van der Waals surface area contributed by atoms with Crippen LogP contribution in [0.5, 0.6) is 0 Å². The Kier molecular flexibility index (Phi) is 6.58. The molecule has 1 fully saturated rings. The molecule has 4 nitrogen and oxygen atoms in total. The van der Waals surface area contributed by atoms with Crippen LogP contribution in [0.1, 0.15) is 46.3 Å². The van der Waals surface area contributed by atoms with Gasteiger partial charge in [0, 0.05) is 35.6 Å². The summed E-state index contributed by atoms with van der Waals surface area (Å²) in [5.41, 5.74) is 7.42. The number of rotatable bonds is 5. The number of nitrogens with one attached hydrogen (secondary N) is 1. The number of benzene rings is 3. The van der Waals surface area contributed by atoms with Crippen LogP contribution in [-0.2, 0) is 10.7 Å². The largest absolute Gasteiger partial charge is 0.323 e. The van der Waals surface area contributed by atoms with Gasteiger partial charge in [0.05, 0.1) is 23.9 Å². The van der Waals surface area contributed by atoms with Crippen LogP contribution in [0.25, 0.3) is 22.0 Å². The van der Waals surface area contributed by atoms with Crippen LogP contribution in [0.4, 0.5) is 5.69 Å². The molecule has 1 aromatic heterocycles. The molecule has 5 heteroatoms. The molecule has 1 amide bonds. The Hall–Kier alpha value is -3.23. The molecule has 5 rings (SSSR count). The van der Waals surface area contributed by atoms with Crippen LogP contribution in [0.3, 0.4) is 0 Å². The zero-order valence-corrected chi connectivity index (χ0v) is 21.3. The summed E-state index contributed by atoms with van der Waals surface area (Å²) in [6.07, 6.45) is 7.27. The lowest BCUT2D eigenvalue weighted by Crippen LogP contribution is -2.14. The Bertz CT molecular complexity index is 1430. The average Bonchev–Trinajstić information content (AvgIpc) is 2.86. The van der Waals surface area contributed by atoms with E-state index in [2.05, 4.69) is 53.6 Å². The summed E-state index contributed by atoms with van der Waals surface area (Å²) in [5, 5.41) is 4.10. The Balaban J connectivity index is 1.52. The molecule has 1 aliphatic heterocycles. The van der Waals surface area contributed by atoms with E-state index in [0.717, 1.165) is 64.0 Å². The van der Waals surface area contributed by atoms with E-state index in [1.807, 2.05) is 37.3 Å². The molecule has 1 aliphatic rings. The molecule has 0 saturated carbocycles. The van der Waals surface area contributed by atoms with Gasteiger partial charge in [-0.25, -0.2) is 0 Å². The number of para-hydroxylation sites is 1. The summed E-state index contributed by atoms with van der Waals surface area (Å²) in [4.78, 5) is 17.8. The zero-order chi connectivity index (χ0) is 24.4. The van der Waals surface area contributed by atoms with Gasteiger partial charge < -0.3 is 9.88 Å². The summed E-state index contributed by atoms with van der Waals surface area (Å²) in [6, 6.07) is 22.2. The molecular formula is C30H31N2O2P. The number of nitrogens with zero attached hydrogens (tertiary/aromatic N) is 1. The molecule has 3 aromatic carbocycles. The van der Waals surface area contributed by atoms with Crippen molar-refractivity contribution in [2.45, 2.75) is 39.3 Å². The number of carbonyl (C=O) groups is 1. The van der Waals surface area contributed by atoms with Crippen LogP contribution in [0.15, 0.2) is 72.9 Å². The first-order chi connectivity index (χ1) is 16.9. The highest BCUT2D eigenvalue weighted by Gasteiger charge is 2.26. The number of fused-ring (bicyclic) bond motifs is 1. The third-order valence-corrected chi connectivity index (χ3v) is 10.2. The first kappa shape index (κ1) is 23.5. The number of pyridine rings is 1. The van der Waals surface area contributed by atoms with E-state index < -0.39 is 7.14 Å². The number of amides is 1. The van der Waals surface area contributed by atoms with E-state index in [1.165, 1.54) is 12.0 Å². The Labute approximate surface area is 207 Å². The molecule has 0 unspecified atom stereocenters. The first-order valence-corrected chi connectivity index (χ1v) is 14.6. The fraction of sp³-hybridized carbons (Fsp3) is 0.267. The maximum atomic E-state index is 13.5. The van der Waals surface area contributed by atoms with Crippen molar-refractivity contribution in [1.29, 1.82) is 0 Å². The maximum Gasteiger partial charge on any atom is 0.257 e. The molecule has 1 saturated heterocycles. The van der Waals surface area contributed by atoms with E-state index >= 15 is 0 Å². The Morgan fingerprint density at radius 1 is 0.943 bits per heavy atom. The second-order valence-corrected chi connectivity index (χ2v) is 13.1. The topological polar surface area (TPSA) is 59.1 Å². The summed E-state index contributed by atoms with van der Waals surface area (Å²) < 4.78 is 13.5. The second kappa shape index (κ2) is 9.79. The number of carbonyl (C=O) groups excluding carboxylic acids is 1. The van der Waals surface area contributed by atoms with Crippen molar-refractivity contribution in [3.63, 3.8) is 0 Å². The zero-order valence-electron chi connectivity index (χ0n) is 20.4. The van der Waals surface area contributed by atoms with Crippen LogP contribution in [0.2, 0.25) is 0 Å². The predicted molar refractivity (Wildman–Crippen MR) is 146 cm³/mol. The molecule has 0 aliphatic carbocycles. The number of aromatic nitrogens is 1.